The monoisotopic (exact) mass is 348 g/mol. The summed E-state index contributed by atoms with van der Waals surface area (Å²) in [7, 11) is 2.06. The van der Waals surface area contributed by atoms with Gasteiger partial charge in [-0.15, -0.1) is 0 Å². The summed E-state index contributed by atoms with van der Waals surface area (Å²) in [5.41, 5.74) is 1.18. The van der Waals surface area contributed by atoms with Gasteiger partial charge in [0.25, 0.3) is 5.91 Å². The average molecular weight is 348 g/mol. The number of carbonyl (C=O) groups excluding carboxylic acids is 1. The van der Waals surface area contributed by atoms with E-state index in [9.17, 15) is 4.79 Å². The van der Waals surface area contributed by atoms with Crippen LogP contribution < -0.4 is 15.0 Å². The Kier molecular flexibility index (Phi) is 6.09. The molecule has 0 fully saturated rings. The molecule has 0 radical (unpaired) electrons. The van der Waals surface area contributed by atoms with Gasteiger partial charge in [0, 0.05) is 31.2 Å². The van der Waals surface area contributed by atoms with Gasteiger partial charge in [0.15, 0.2) is 6.61 Å². The van der Waals surface area contributed by atoms with E-state index in [1.54, 1.807) is 0 Å². The van der Waals surface area contributed by atoms with Crippen LogP contribution in [0.25, 0.3) is 10.8 Å². The normalized spacial score (nSPS) is 10.5. The van der Waals surface area contributed by atoms with E-state index in [0.29, 0.717) is 6.54 Å². The summed E-state index contributed by atoms with van der Waals surface area (Å²) in [5, 5.41) is 5.04. The van der Waals surface area contributed by atoms with Crippen molar-refractivity contribution in [3.63, 3.8) is 0 Å². The second-order valence-corrected chi connectivity index (χ2v) is 6.23. The molecule has 4 heteroatoms. The van der Waals surface area contributed by atoms with Crippen LogP contribution in [-0.2, 0) is 4.79 Å². The number of benzene rings is 3. The number of amides is 1. The summed E-state index contributed by atoms with van der Waals surface area (Å²) in [6.45, 7) is 1.55. The molecular weight excluding hydrogens is 324 g/mol. The van der Waals surface area contributed by atoms with Crippen molar-refractivity contribution >= 4 is 22.4 Å². The maximum atomic E-state index is 12.0. The fraction of sp³-hybridized carbons (Fsp3) is 0.227. The first-order valence-corrected chi connectivity index (χ1v) is 8.87. The van der Waals surface area contributed by atoms with Crippen LogP contribution in [0.4, 0.5) is 5.69 Å². The third-order valence-corrected chi connectivity index (χ3v) is 4.30. The Balaban J connectivity index is 1.40. The molecule has 1 N–H and O–H groups in total. The minimum Gasteiger partial charge on any atom is -0.483 e. The molecule has 3 aromatic carbocycles. The predicted octanol–water partition coefficient (Wildman–Crippen LogP) is 3.86. The number of fused-ring (bicyclic) bond motifs is 1. The number of ether oxygens (including phenoxy) is 1. The van der Waals surface area contributed by atoms with E-state index in [0.717, 1.165) is 29.5 Å². The molecule has 0 aliphatic rings. The second kappa shape index (κ2) is 8.90. The molecule has 0 bridgehead atoms. The van der Waals surface area contributed by atoms with Crippen LogP contribution in [0, 0.1) is 0 Å². The molecule has 4 nitrogen and oxygen atoms in total. The van der Waals surface area contributed by atoms with Crippen molar-refractivity contribution in [2.24, 2.45) is 0 Å². The lowest BCUT2D eigenvalue weighted by Crippen LogP contribution is -2.31. The molecule has 0 spiro atoms. The molecule has 0 aromatic heterocycles. The zero-order valence-corrected chi connectivity index (χ0v) is 15.0. The minimum absolute atomic E-state index is 0.0303. The molecule has 1 amide bonds. The van der Waals surface area contributed by atoms with Crippen molar-refractivity contribution in [2.75, 3.05) is 31.6 Å². The summed E-state index contributed by atoms with van der Waals surface area (Å²) < 4.78 is 5.71. The van der Waals surface area contributed by atoms with Crippen LogP contribution in [0.3, 0.4) is 0 Å². The quantitative estimate of drug-likeness (QED) is 0.629. The lowest BCUT2D eigenvalue weighted by Gasteiger charge is -2.19. The molecule has 26 heavy (non-hydrogen) atoms. The number of para-hydroxylation sites is 1. The highest BCUT2D eigenvalue weighted by molar-refractivity contribution is 5.88. The van der Waals surface area contributed by atoms with E-state index in [4.69, 9.17) is 4.74 Å². The Bertz CT molecular complexity index is 844. The lowest BCUT2D eigenvalue weighted by molar-refractivity contribution is -0.123. The number of hydrogen-bond donors (Lipinski definition) is 1. The van der Waals surface area contributed by atoms with Gasteiger partial charge < -0.3 is 15.0 Å². The Morgan fingerprint density at radius 2 is 1.69 bits per heavy atom. The molecule has 3 rings (SSSR count). The average Bonchev–Trinajstić information content (AvgIpc) is 2.70. The van der Waals surface area contributed by atoms with E-state index < -0.39 is 0 Å². The van der Waals surface area contributed by atoms with Crippen molar-refractivity contribution in [3.8, 4) is 5.75 Å². The molecule has 0 aliphatic carbocycles. The van der Waals surface area contributed by atoms with Crippen molar-refractivity contribution in [1.29, 1.82) is 0 Å². The van der Waals surface area contributed by atoms with Crippen LogP contribution in [0.15, 0.2) is 72.8 Å². The first-order chi connectivity index (χ1) is 12.7. The number of carbonyl (C=O) groups is 1. The van der Waals surface area contributed by atoms with Crippen LogP contribution in [-0.4, -0.2) is 32.7 Å². The van der Waals surface area contributed by atoms with Gasteiger partial charge in [-0.25, -0.2) is 0 Å². The molecule has 0 aliphatic heterocycles. The number of hydrogen-bond acceptors (Lipinski definition) is 3. The number of nitrogens with one attached hydrogen (secondary N) is 1. The SMILES string of the molecule is CN(CCCNC(=O)COc1cccc2ccccc12)c1ccccc1. The molecule has 3 aromatic rings. The third-order valence-electron chi connectivity index (χ3n) is 4.30. The van der Waals surface area contributed by atoms with Crippen LogP contribution >= 0.6 is 0 Å². The smallest absolute Gasteiger partial charge is 0.257 e. The minimum atomic E-state index is -0.0969. The van der Waals surface area contributed by atoms with Crippen molar-refractivity contribution < 1.29 is 9.53 Å². The predicted molar refractivity (Wildman–Crippen MR) is 107 cm³/mol. The molecule has 0 atom stereocenters. The molecule has 0 heterocycles. The highest BCUT2D eigenvalue weighted by Gasteiger charge is 2.06. The number of anilines is 1. The van der Waals surface area contributed by atoms with Gasteiger partial charge in [-0.3, -0.25) is 4.79 Å². The van der Waals surface area contributed by atoms with Crippen LogP contribution in [0.1, 0.15) is 6.42 Å². The largest absolute Gasteiger partial charge is 0.483 e. The van der Waals surface area contributed by atoms with E-state index >= 15 is 0 Å². The van der Waals surface area contributed by atoms with Crippen molar-refractivity contribution in [3.05, 3.63) is 72.8 Å². The summed E-state index contributed by atoms with van der Waals surface area (Å²) in [6, 6.07) is 24.1. The second-order valence-electron chi connectivity index (χ2n) is 6.23. The zero-order valence-electron chi connectivity index (χ0n) is 15.0. The van der Waals surface area contributed by atoms with Gasteiger partial charge in [0.2, 0.25) is 0 Å². The Morgan fingerprint density at radius 1 is 0.962 bits per heavy atom. The molecule has 0 saturated heterocycles. The Hall–Kier alpha value is -3.01. The summed E-state index contributed by atoms with van der Waals surface area (Å²) in [6.07, 6.45) is 0.880. The third kappa shape index (κ3) is 4.76. The van der Waals surface area contributed by atoms with Gasteiger partial charge in [0.1, 0.15) is 5.75 Å². The standard InChI is InChI=1S/C22H24N2O2/c1-24(19-11-3-2-4-12-19)16-8-15-23-22(25)17-26-21-14-7-10-18-9-5-6-13-20(18)21/h2-7,9-14H,8,15-17H2,1H3,(H,23,25). The van der Waals surface area contributed by atoms with E-state index in [1.807, 2.05) is 60.7 Å². The van der Waals surface area contributed by atoms with Gasteiger partial charge in [-0.1, -0.05) is 54.6 Å². The van der Waals surface area contributed by atoms with Gasteiger partial charge >= 0.3 is 0 Å². The summed E-state index contributed by atoms with van der Waals surface area (Å²) in [4.78, 5) is 14.2. The number of nitrogens with zero attached hydrogens (tertiary/aromatic N) is 1. The van der Waals surface area contributed by atoms with Crippen molar-refractivity contribution in [1.82, 2.24) is 5.32 Å². The van der Waals surface area contributed by atoms with Gasteiger partial charge in [-0.05, 0) is 30.0 Å². The zero-order chi connectivity index (χ0) is 18.2. The molecule has 0 unspecified atom stereocenters. The van der Waals surface area contributed by atoms with E-state index in [-0.39, 0.29) is 12.5 Å². The molecular formula is C22H24N2O2. The van der Waals surface area contributed by atoms with Gasteiger partial charge in [-0.2, -0.15) is 0 Å². The maximum absolute atomic E-state index is 12.0. The molecule has 0 saturated carbocycles. The number of rotatable bonds is 8. The highest BCUT2D eigenvalue weighted by Crippen LogP contribution is 2.24. The van der Waals surface area contributed by atoms with Crippen LogP contribution in [0.5, 0.6) is 5.75 Å². The fourth-order valence-electron chi connectivity index (χ4n) is 2.87. The Morgan fingerprint density at radius 3 is 2.54 bits per heavy atom. The first-order valence-electron chi connectivity index (χ1n) is 8.87. The maximum Gasteiger partial charge on any atom is 0.257 e. The Labute approximate surface area is 154 Å². The fourth-order valence-corrected chi connectivity index (χ4v) is 2.87. The van der Waals surface area contributed by atoms with Crippen molar-refractivity contribution in [2.45, 2.75) is 6.42 Å². The van der Waals surface area contributed by atoms with E-state index in [1.165, 1.54) is 5.69 Å². The van der Waals surface area contributed by atoms with E-state index in [2.05, 4.69) is 29.4 Å². The van der Waals surface area contributed by atoms with Gasteiger partial charge in [0.05, 0.1) is 0 Å². The summed E-state index contributed by atoms with van der Waals surface area (Å²) >= 11 is 0. The summed E-state index contributed by atoms with van der Waals surface area (Å²) in [5.74, 6) is 0.641. The highest BCUT2D eigenvalue weighted by atomic mass is 16.5. The molecule has 134 valence electrons. The van der Waals surface area contributed by atoms with Crippen LogP contribution in [0.2, 0.25) is 0 Å². The first kappa shape index (κ1) is 17.8. The lowest BCUT2D eigenvalue weighted by atomic mass is 10.1. The topological polar surface area (TPSA) is 41.6 Å².